The van der Waals surface area contributed by atoms with Gasteiger partial charge in [0.2, 0.25) is 0 Å². The highest BCUT2D eigenvalue weighted by molar-refractivity contribution is 5.89. The van der Waals surface area contributed by atoms with Crippen molar-refractivity contribution >= 4 is 12.1 Å². The van der Waals surface area contributed by atoms with Crippen LogP contribution < -0.4 is 5.32 Å². The summed E-state index contributed by atoms with van der Waals surface area (Å²) in [6.07, 6.45) is 2.87. The Balaban J connectivity index is 2.16. The van der Waals surface area contributed by atoms with E-state index in [1.54, 1.807) is 0 Å². The molecule has 0 radical (unpaired) electrons. The van der Waals surface area contributed by atoms with Crippen molar-refractivity contribution in [1.29, 1.82) is 0 Å². The number of nitrogens with one attached hydrogen (secondary N) is 1. The first-order chi connectivity index (χ1) is 9.58. The topological polar surface area (TPSA) is 73.9 Å². The molecule has 6 heteroatoms. The fraction of sp³-hybridized carbons (Fsp3) is 0.571. The van der Waals surface area contributed by atoms with Crippen molar-refractivity contribution in [2.75, 3.05) is 13.7 Å². The van der Waals surface area contributed by atoms with E-state index in [9.17, 15) is 9.59 Å². The molecule has 0 fully saturated rings. The van der Waals surface area contributed by atoms with Crippen molar-refractivity contribution < 1.29 is 23.8 Å². The molecule has 6 nitrogen and oxygen atoms in total. The summed E-state index contributed by atoms with van der Waals surface area (Å²) in [5.41, 5.74) is 1.54. The van der Waals surface area contributed by atoms with E-state index < -0.39 is 18.4 Å². The first kappa shape index (κ1) is 14.4. The predicted molar refractivity (Wildman–Crippen MR) is 70.5 cm³/mol. The van der Waals surface area contributed by atoms with Crippen LogP contribution in [0.2, 0.25) is 0 Å². The molecule has 0 bridgehead atoms. The number of amides is 1. The first-order valence-electron chi connectivity index (χ1n) is 6.63. The third-order valence-electron chi connectivity index (χ3n) is 3.64. The highest BCUT2D eigenvalue weighted by atomic mass is 16.7. The summed E-state index contributed by atoms with van der Waals surface area (Å²) in [4.78, 5) is 23.3. The molecule has 20 heavy (non-hydrogen) atoms. The van der Waals surface area contributed by atoms with E-state index in [1.807, 2.05) is 19.9 Å². The van der Waals surface area contributed by atoms with Crippen molar-refractivity contribution in [2.45, 2.75) is 26.6 Å². The van der Waals surface area contributed by atoms with Gasteiger partial charge in [0.15, 0.2) is 0 Å². The standard InChI is InChI=1S/C14H19NO5/c1-4-15-14(17)20-13-11-8(2)5-6-9(11)10(7-19-13)12(16)18-3/h5,7,9,11,13H,4,6H2,1-3H3,(H,15,17). The van der Waals surface area contributed by atoms with Gasteiger partial charge >= 0.3 is 12.1 Å². The van der Waals surface area contributed by atoms with Crippen LogP contribution in [0.3, 0.4) is 0 Å². The normalized spacial score (nSPS) is 27.6. The summed E-state index contributed by atoms with van der Waals surface area (Å²) >= 11 is 0. The summed E-state index contributed by atoms with van der Waals surface area (Å²) in [7, 11) is 1.34. The average molecular weight is 281 g/mol. The van der Waals surface area contributed by atoms with Crippen LogP contribution in [0.1, 0.15) is 20.3 Å². The molecule has 0 aromatic carbocycles. The Morgan fingerprint density at radius 2 is 2.25 bits per heavy atom. The third kappa shape index (κ3) is 2.64. The fourth-order valence-corrected chi connectivity index (χ4v) is 2.66. The lowest BCUT2D eigenvalue weighted by Crippen LogP contribution is -2.40. The van der Waals surface area contributed by atoms with Gasteiger partial charge in [0.1, 0.15) is 0 Å². The van der Waals surface area contributed by atoms with E-state index in [-0.39, 0.29) is 11.8 Å². The number of fused-ring (bicyclic) bond motifs is 1. The summed E-state index contributed by atoms with van der Waals surface area (Å²) in [6, 6.07) is 0. The minimum atomic E-state index is -0.710. The van der Waals surface area contributed by atoms with Gasteiger partial charge in [0, 0.05) is 12.5 Å². The summed E-state index contributed by atoms with van der Waals surface area (Å²) in [6.45, 7) is 4.24. The number of hydrogen-bond donors (Lipinski definition) is 1. The molecule has 0 spiro atoms. The summed E-state index contributed by atoms with van der Waals surface area (Å²) < 4.78 is 15.5. The van der Waals surface area contributed by atoms with E-state index in [4.69, 9.17) is 14.2 Å². The van der Waals surface area contributed by atoms with Gasteiger partial charge in [0.25, 0.3) is 6.29 Å². The molecule has 2 aliphatic rings. The molecule has 0 aromatic rings. The lowest BCUT2D eigenvalue weighted by molar-refractivity contribution is -0.141. The zero-order valence-corrected chi connectivity index (χ0v) is 11.8. The Hall–Kier alpha value is -1.98. The monoisotopic (exact) mass is 281 g/mol. The van der Waals surface area contributed by atoms with Crippen LogP contribution in [0.5, 0.6) is 0 Å². The maximum atomic E-state index is 11.7. The molecule has 2 rings (SSSR count). The largest absolute Gasteiger partial charge is 0.466 e. The number of hydrogen-bond acceptors (Lipinski definition) is 5. The zero-order valence-electron chi connectivity index (χ0n) is 11.8. The van der Waals surface area contributed by atoms with Crippen molar-refractivity contribution in [3.63, 3.8) is 0 Å². The van der Waals surface area contributed by atoms with Crippen LogP contribution in [0.15, 0.2) is 23.5 Å². The summed E-state index contributed by atoms with van der Waals surface area (Å²) in [5, 5.41) is 2.56. The fourth-order valence-electron chi connectivity index (χ4n) is 2.66. The molecule has 0 saturated heterocycles. The van der Waals surface area contributed by atoms with Crippen LogP contribution >= 0.6 is 0 Å². The smallest absolute Gasteiger partial charge is 0.410 e. The molecule has 3 atom stereocenters. The highest BCUT2D eigenvalue weighted by Gasteiger charge is 2.44. The maximum Gasteiger partial charge on any atom is 0.410 e. The van der Waals surface area contributed by atoms with Gasteiger partial charge in [-0.25, -0.2) is 9.59 Å². The van der Waals surface area contributed by atoms with Crippen molar-refractivity contribution in [3.05, 3.63) is 23.5 Å². The number of alkyl carbamates (subject to hydrolysis) is 1. The van der Waals surface area contributed by atoms with E-state index in [0.29, 0.717) is 12.1 Å². The second kappa shape index (κ2) is 5.98. The van der Waals surface area contributed by atoms with Crippen LogP contribution in [-0.2, 0) is 19.0 Å². The number of esters is 1. The number of carbonyl (C=O) groups is 2. The first-order valence-corrected chi connectivity index (χ1v) is 6.63. The van der Waals surface area contributed by atoms with Crippen LogP contribution in [0, 0.1) is 11.8 Å². The quantitative estimate of drug-likeness (QED) is 0.630. The Morgan fingerprint density at radius 1 is 1.50 bits per heavy atom. The van der Waals surface area contributed by atoms with E-state index in [1.165, 1.54) is 13.4 Å². The highest BCUT2D eigenvalue weighted by Crippen LogP contribution is 2.43. The molecule has 0 aromatic heterocycles. The third-order valence-corrected chi connectivity index (χ3v) is 3.64. The molecule has 1 heterocycles. The van der Waals surface area contributed by atoms with Gasteiger partial charge in [-0.1, -0.05) is 11.6 Å². The Kier molecular flexibility index (Phi) is 4.32. The van der Waals surface area contributed by atoms with Crippen molar-refractivity contribution in [1.82, 2.24) is 5.32 Å². The number of allylic oxidation sites excluding steroid dienone is 1. The van der Waals surface area contributed by atoms with Gasteiger partial charge < -0.3 is 19.5 Å². The Labute approximate surface area is 117 Å². The van der Waals surface area contributed by atoms with Gasteiger partial charge in [-0.15, -0.1) is 0 Å². The van der Waals surface area contributed by atoms with Crippen molar-refractivity contribution in [3.8, 4) is 0 Å². The molecule has 3 unspecified atom stereocenters. The van der Waals surface area contributed by atoms with Crippen LogP contribution in [0.25, 0.3) is 0 Å². The molecule has 1 N–H and O–H groups in total. The number of carbonyl (C=O) groups excluding carboxylic acids is 2. The molecule has 1 aliphatic heterocycles. The molecule has 0 saturated carbocycles. The predicted octanol–water partition coefficient (Wildman–Crippen LogP) is 1.73. The molecular weight excluding hydrogens is 262 g/mol. The van der Waals surface area contributed by atoms with Gasteiger partial charge in [-0.05, 0) is 20.3 Å². The van der Waals surface area contributed by atoms with Gasteiger partial charge in [-0.2, -0.15) is 0 Å². The lowest BCUT2D eigenvalue weighted by Gasteiger charge is -2.33. The van der Waals surface area contributed by atoms with E-state index in [2.05, 4.69) is 5.32 Å². The zero-order chi connectivity index (χ0) is 14.7. The van der Waals surface area contributed by atoms with Crippen molar-refractivity contribution in [2.24, 2.45) is 11.8 Å². The minimum Gasteiger partial charge on any atom is -0.466 e. The minimum absolute atomic E-state index is 0.0596. The second-order valence-corrected chi connectivity index (χ2v) is 4.82. The number of methoxy groups -OCH3 is 1. The maximum absolute atomic E-state index is 11.7. The number of rotatable bonds is 3. The molecule has 1 aliphatic carbocycles. The SMILES string of the molecule is CCNC(=O)OC1OC=C(C(=O)OC)C2CC=C(C)C12. The lowest BCUT2D eigenvalue weighted by atomic mass is 9.84. The molecule has 110 valence electrons. The number of ether oxygens (including phenoxy) is 3. The Morgan fingerprint density at radius 3 is 2.90 bits per heavy atom. The molecule has 1 amide bonds. The van der Waals surface area contributed by atoms with Gasteiger partial charge in [-0.3, -0.25) is 0 Å². The van der Waals surface area contributed by atoms with E-state index in [0.717, 1.165) is 12.0 Å². The van der Waals surface area contributed by atoms with Gasteiger partial charge in [0.05, 0.1) is 24.9 Å². The van der Waals surface area contributed by atoms with Crippen LogP contribution in [0.4, 0.5) is 4.79 Å². The Bertz CT molecular complexity index is 468. The average Bonchev–Trinajstić information content (AvgIpc) is 2.81. The van der Waals surface area contributed by atoms with E-state index >= 15 is 0 Å². The second-order valence-electron chi connectivity index (χ2n) is 4.82. The molecular formula is C14H19NO5. The summed E-state index contributed by atoms with van der Waals surface area (Å²) in [5.74, 6) is -0.605. The van der Waals surface area contributed by atoms with Crippen LogP contribution in [-0.4, -0.2) is 32.0 Å².